The van der Waals surface area contributed by atoms with Crippen LogP contribution in [0.15, 0.2) is 77.9 Å². The molecule has 0 aliphatic rings. The first kappa shape index (κ1) is 24.8. The number of carbonyl (C=O) groups is 2. The van der Waals surface area contributed by atoms with Crippen LogP contribution in [0, 0.1) is 0 Å². The Morgan fingerprint density at radius 2 is 1.71 bits per heavy atom. The number of halogens is 2. The summed E-state index contributed by atoms with van der Waals surface area (Å²) < 4.78 is 16.0. The first-order chi connectivity index (χ1) is 16.4. The zero-order valence-electron chi connectivity index (χ0n) is 18.0. The molecule has 0 saturated carbocycles. The highest BCUT2D eigenvalue weighted by atomic mass is 35.5. The second kappa shape index (κ2) is 12.4. The molecule has 3 aromatic rings. The normalized spacial score (nSPS) is 10.9. The quantitative estimate of drug-likeness (QED) is 0.145. The van der Waals surface area contributed by atoms with Crippen molar-refractivity contribution in [2.75, 3.05) is 13.7 Å². The lowest BCUT2D eigenvalue weighted by Crippen LogP contribution is -2.24. The molecule has 0 atom stereocenters. The van der Waals surface area contributed by atoms with Gasteiger partial charge in [-0.05, 0) is 53.6 Å². The third-order valence-corrected chi connectivity index (χ3v) is 4.80. The Morgan fingerprint density at radius 3 is 2.44 bits per heavy atom. The van der Waals surface area contributed by atoms with Crippen molar-refractivity contribution in [2.45, 2.75) is 0 Å². The standard InChI is InChI=1S/C25H20Cl2N2O5/c1-32-23-13-18(7-10-22(23)34-25(31)12-8-17-5-3-2-4-6-17)15-28-29-24(30)16-33-21-11-9-19(26)14-20(21)27/h2-15H,16H2,1H3,(H,29,30)/b12-8+,28-15-. The monoisotopic (exact) mass is 498 g/mol. The molecule has 9 heteroatoms. The van der Waals surface area contributed by atoms with E-state index in [2.05, 4.69) is 10.5 Å². The van der Waals surface area contributed by atoms with Crippen LogP contribution in [0.2, 0.25) is 10.0 Å². The Balaban J connectivity index is 1.53. The minimum absolute atomic E-state index is 0.250. The maximum Gasteiger partial charge on any atom is 0.336 e. The van der Waals surface area contributed by atoms with Gasteiger partial charge in [-0.25, -0.2) is 10.2 Å². The van der Waals surface area contributed by atoms with Crippen LogP contribution in [0.4, 0.5) is 0 Å². The lowest BCUT2D eigenvalue weighted by Gasteiger charge is -2.09. The van der Waals surface area contributed by atoms with E-state index in [1.54, 1.807) is 36.4 Å². The van der Waals surface area contributed by atoms with Crippen LogP contribution in [0.1, 0.15) is 11.1 Å². The van der Waals surface area contributed by atoms with Gasteiger partial charge < -0.3 is 14.2 Å². The van der Waals surface area contributed by atoms with E-state index >= 15 is 0 Å². The Bertz CT molecular complexity index is 1210. The van der Waals surface area contributed by atoms with Gasteiger partial charge in [-0.15, -0.1) is 0 Å². The molecule has 0 aromatic heterocycles. The number of amides is 1. The molecule has 0 unspecified atom stereocenters. The number of hydrogen-bond acceptors (Lipinski definition) is 6. The number of benzene rings is 3. The van der Waals surface area contributed by atoms with E-state index < -0.39 is 11.9 Å². The number of hydrogen-bond donors (Lipinski definition) is 1. The molecule has 0 heterocycles. The summed E-state index contributed by atoms with van der Waals surface area (Å²) in [5, 5.41) is 4.65. The predicted molar refractivity (Wildman–Crippen MR) is 132 cm³/mol. The van der Waals surface area contributed by atoms with Gasteiger partial charge in [0.2, 0.25) is 0 Å². The van der Waals surface area contributed by atoms with Crippen LogP contribution in [-0.2, 0) is 9.59 Å². The van der Waals surface area contributed by atoms with Crippen molar-refractivity contribution in [2.24, 2.45) is 5.10 Å². The lowest BCUT2D eigenvalue weighted by molar-refractivity contribution is -0.129. The highest BCUT2D eigenvalue weighted by molar-refractivity contribution is 6.35. The summed E-state index contributed by atoms with van der Waals surface area (Å²) >= 11 is 11.8. The second-order valence-electron chi connectivity index (χ2n) is 6.73. The van der Waals surface area contributed by atoms with E-state index in [0.717, 1.165) is 5.56 Å². The highest BCUT2D eigenvalue weighted by Crippen LogP contribution is 2.28. The van der Waals surface area contributed by atoms with Crippen molar-refractivity contribution in [3.63, 3.8) is 0 Å². The number of ether oxygens (including phenoxy) is 3. The SMILES string of the molecule is COc1cc(/C=N\NC(=O)COc2ccc(Cl)cc2Cl)ccc1OC(=O)/C=C/c1ccccc1. The molecule has 1 amide bonds. The van der Waals surface area contributed by atoms with Crippen molar-refractivity contribution >= 4 is 47.4 Å². The summed E-state index contributed by atoms with van der Waals surface area (Å²) in [6, 6.07) is 18.9. The molecule has 0 aliphatic carbocycles. The van der Waals surface area contributed by atoms with Gasteiger partial charge >= 0.3 is 5.97 Å². The summed E-state index contributed by atoms with van der Waals surface area (Å²) in [6.07, 6.45) is 4.40. The maximum absolute atomic E-state index is 12.1. The fourth-order valence-corrected chi connectivity index (χ4v) is 3.13. The molecule has 34 heavy (non-hydrogen) atoms. The number of carbonyl (C=O) groups excluding carboxylic acids is 2. The number of hydrazone groups is 1. The molecule has 0 spiro atoms. The van der Waals surface area contributed by atoms with E-state index in [1.807, 2.05) is 30.3 Å². The van der Waals surface area contributed by atoms with Crippen molar-refractivity contribution in [3.05, 3.63) is 94.0 Å². The predicted octanol–water partition coefficient (Wildman–Crippen LogP) is 5.15. The summed E-state index contributed by atoms with van der Waals surface area (Å²) in [5.41, 5.74) is 3.84. The number of nitrogens with zero attached hydrogens (tertiary/aromatic N) is 1. The minimum atomic E-state index is -0.545. The summed E-state index contributed by atoms with van der Waals surface area (Å²) in [7, 11) is 1.45. The number of methoxy groups -OCH3 is 1. The molecule has 3 rings (SSSR count). The van der Waals surface area contributed by atoms with Crippen LogP contribution in [-0.4, -0.2) is 31.8 Å². The molecule has 0 aliphatic heterocycles. The summed E-state index contributed by atoms with van der Waals surface area (Å²) in [5.74, 6) is -0.114. The molecule has 3 aromatic carbocycles. The zero-order valence-corrected chi connectivity index (χ0v) is 19.5. The molecule has 0 bridgehead atoms. The Morgan fingerprint density at radius 1 is 0.941 bits per heavy atom. The van der Waals surface area contributed by atoms with Gasteiger partial charge in [0.05, 0.1) is 18.3 Å². The van der Waals surface area contributed by atoms with Crippen LogP contribution >= 0.6 is 23.2 Å². The van der Waals surface area contributed by atoms with E-state index in [4.69, 9.17) is 37.4 Å². The Kier molecular flexibility index (Phi) is 9.08. The van der Waals surface area contributed by atoms with Gasteiger partial charge in [0, 0.05) is 11.1 Å². The van der Waals surface area contributed by atoms with Crippen LogP contribution in [0.5, 0.6) is 17.2 Å². The van der Waals surface area contributed by atoms with E-state index in [1.165, 1.54) is 25.5 Å². The van der Waals surface area contributed by atoms with Gasteiger partial charge in [0.1, 0.15) is 5.75 Å². The number of rotatable bonds is 9. The third-order valence-electron chi connectivity index (χ3n) is 4.27. The summed E-state index contributed by atoms with van der Waals surface area (Å²) in [4.78, 5) is 24.1. The fraction of sp³-hybridized carbons (Fsp3) is 0.0800. The Hall–Kier alpha value is -3.81. The molecule has 0 fully saturated rings. The molecule has 174 valence electrons. The molecular formula is C25H20Cl2N2O5. The molecular weight excluding hydrogens is 479 g/mol. The minimum Gasteiger partial charge on any atom is -0.493 e. The van der Waals surface area contributed by atoms with Crippen LogP contribution < -0.4 is 19.6 Å². The van der Waals surface area contributed by atoms with E-state index in [9.17, 15) is 9.59 Å². The zero-order chi connectivity index (χ0) is 24.3. The molecule has 0 radical (unpaired) electrons. The number of esters is 1. The first-order valence-electron chi connectivity index (χ1n) is 9.97. The largest absolute Gasteiger partial charge is 0.493 e. The van der Waals surface area contributed by atoms with E-state index in [0.29, 0.717) is 27.1 Å². The summed E-state index contributed by atoms with van der Waals surface area (Å²) in [6.45, 7) is -0.284. The molecule has 7 nitrogen and oxygen atoms in total. The Labute approximate surface area is 206 Å². The molecule has 1 N–H and O–H groups in total. The van der Waals surface area contributed by atoms with Crippen molar-refractivity contribution < 1.29 is 23.8 Å². The van der Waals surface area contributed by atoms with Crippen molar-refractivity contribution in [1.29, 1.82) is 0 Å². The van der Waals surface area contributed by atoms with Crippen LogP contribution in [0.25, 0.3) is 6.08 Å². The fourth-order valence-electron chi connectivity index (χ4n) is 2.67. The van der Waals surface area contributed by atoms with E-state index in [-0.39, 0.29) is 12.4 Å². The van der Waals surface area contributed by atoms with Crippen molar-refractivity contribution in [3.8, 4) is 17.2 Å². The van der Waals surface area contributed by atoms with Gasteiger partial charge in [0.15, 0.2) is 18.1 Å². The molecule has 0 saturated heterocycles. The highest BCUT2D eigenvalue weighted by Gasteiger charge is 2.09. The average molecular weight is 499 g/mol. The van der Waals surface area contributed by atoms with Gasteiger partial charge in [0.25, 0.3) is 5.91 Å². The van der Waals surface area contributed by atoms with Gasteiger partial charge in [-0.2, -0.15) is 5.10 Å². The average Bonchev–Trinajstić information content (AvgIpc) is 2.83. The van der Waals surface area contributed by atoms with Crippen LogP contribution in [0.3, 0.4) is 0 Å². The maximum atomic E-state index is 12.1. The van der Waals surface area contributed by atoms with Crippen molar-refractivity contribution in [1.82, 2.24) is 5.43 Å². The third kappa shape index (κ3) is 7.65. The van der Waals surface area contributed by atoms with Gasteiger partial charge in [-0.1, -0.05) is 53.5 Å². The first-order valence-corrected chi connectivity index (χ1v) is 10.7. The second-order valence-corrected chi connectivity index (χ2v) is 7.58. The van der Waals surface area contributed by atoms with Gasteiger partial charge in [-0.3, -0.25) is 4.79 Å². The number of nitrogens with one attached hydrogen (secondary N) is 1. The lowest BCUT2D eigenvalue weighted by atomic mass is 10.2. The topological polar surface area (TPSA) is 86.2 Å². The smallest absolute Gasteiger partial charge is 0.336 e.